The van der Waals surface area contributed by atoms with E-state index in [0.717, 1.165) is 66.4 Å². The van der Waals surface area contributed by atoms with E-state index in [0.29, 0.717) is 23.4 Å². The van der Waals surface area contributed by atoms with E-state index >= 15 is 0 Å². The second kappa shape index (κ2) is 10.6. The molecule has 0 spiro atoms. The van der Waals surface area contributed by atoms with Gasteiger partial charge in [-0.25, -0.2) is 19.9 Å². The molecule has 0 N–H and O–H groups in total. The Balaban J connectivity index is 1.30. The van der Waals surface area contributed by atoms with Gasteiger partial charge in [0.15, 0.2) is 23.1 Å². The maximum absolute atomic E-state index is 6.48. The average Bonchev–Trinajstić information content (AvgIpc) is 3.75. The van der Waals surface area contributed by atoms with Crippen LogP contribution in [0.5, 0.6) is 0 Å². The maximum atomic E-state index is 6.48. The summed E-state index contributed by atoms with van der Waals surface area (Å²) in [4.78, 5) is 19.9. The van der Waals surface area contributed by atoms with Crippen molar-refractivity contribution in [2.45, 2.75) is 0 Å². The lowest BCUT2D eigenvalue weighted by molar-refractivity contribution is 0.620. The number of hydrogen-bond acceptors (Lipinski definition) is 6. The van der Waals surface area contributed by atoms with Gasteiger partial charge in [0.2, 0.25) is 5.89 Å². The summed E-state index contributed by atoms with van der Waals surface area (Å²) in [5, 5.41) is 1.90. The first kappa shape index (κ1) is 26.0. The summed E-state index contributed by atoms with van der Waals surface area (Å²) in [5.41, 5.74) is 8.59. The molecule has 0 fully saturated rings. The van der Waals surface area contributed by atoms with Gasteiger partial charge in [-0.15, -0.1) is 0 Å². The molecule has 9 rings (SSSR count). The normalized spacial score (nSPS) is 11.5. The summed E-state index contributed by atoms with van der Waals surface area (Å²) in [6, 6.07) is 48.2. The lowest BCUT2D eigenvalue weighted by Gasteiger charge is -2.10. The zero-order chi connectivity index (χ0) is 30.5. The SMILES string of the molecule is c1ccc(-c2nc(-c3ccccc3)nc(-c3cccc4oc5cccc(-c6cccc7oc(-c8ccccc8)nc67)c5c34)n2)cc1. The van der Waals surface area contributed by atoms with Crippen molar-refractivity contribution < 1.29 is 8.83 Å². The fraction of sp³-hybridized carbons (Fsp3) is 0. The highest BCUT2D eigenvalue weighted by molar-refractivity contribution is 6.19. The molecular weight excluding hydrogens is 568 g/mol. The molecule has 3 heterocycles. The van der Waals surface area contributed by atoms with Crippen LogP contribution in [0.3, 0.4) is 0 Å². The molecule has 6 aromatic carbocycles. The molecule has 0 bridgehead atoms. The van der Waals surface area contributed by atoms with E-state index in [4.69, 9.17) is 28.8 Å². The summed E-state index contributed by atoms with van der Waals surface area (Å²) < 4.78 is 12.7. The number of para-hydroxylation sites is 1. The number of fused-ring (bicyclic) bond motifs is 4. The van der Waals surface area contributed by atoms with Crippen molar-refractivity contribution in [2.24, 2.45) is 0 Å². The quantitative estimate of drug-likeness (QED) is 0.198. The van der Waals surface area contributed by atoms with Crippen LogP contribution in [-0.4, -0.2) is 19.9 Å². The number of rotatable bonds is 5. The Morgan fingerprint density at radius 1 is 0.326 bits per heavy atom. The van der Waals surface area contributed by atoms with Gasteiger partial charge in [0.1, 0.15) is 16.7 Å². The monoisotopic (exact) mass is 592 g/mol. The molecule has 0 unspecified atom stereocenters. The molecule has 0 atom stereocenters. The van der Waals surface area contributed by atoms with Crippen molar-refractivity contribution in [1.82, 2.24) is 19.9 Å². The highest BCUT2D eigenvalue weighted by Gasteiger charge is 2.21. The molecule has 6 heteroatoms. The van der Waals surface area contributed by atoms with Crippen molar-refractivity contribution in [2.75, 3.05) is 0 Å². The Hall–Kier alpha value is -6.40. The number of benzene rings is 6. The molecule has 216 valence electrons. The van der Waals surface area contributed by atoms with Crippen LogP contribution in [0.1, 0.15) is 0 Å². The minimum Gasteiger partial charge on any atom is -0.456 e. The summed E-state index contributed by atoms with van der Waals surface area (Å²) in [5.74, 6) is 2.37. The molecule has 0 radical (unpaired) electrons. The molecular formula is C40H24N4O2. The van der Waals surface area contributed by atoms with Crippen LogP contribution < -0.4 is 0 Å². The average molecular weight is 593 g/mol. The Morgan fingerprint density at radius 3 is 1.41 bits per heavy atom. The predicted octanol–water partition coefficient (Wildman–Crippen LogP) is 10.2. The molecule has 9 aromatic rings. The fourth-order valence-corrected chi connectivity index (χ4v) is 6.08. The van der Waals surface area contributed by atoms with Gasteiger partial charge in [-0.05, 0) is 35.9 Å². The zero-order valence-electron chi connectivity index (χ0n) is 24.5. The molecule has 0 aliphatic carbocycles. The first-order chi connectivity index (χ1) is 22.8. The van der Waals surface area contributed by atoms with E-state index in [1.807, 2.05) is 127 Å². The predicted molar refractivity (Wildman–Crippen MR) is 182 cm³/mol. The second-order valence-corrected chi connectivity index (χ2v) is 11.0. The summed E-state index contributed by atoms with van der Waals surface area (Å²) in [6.07, 6.45) is 0. The van der Waals surface area contributed by atoms with Gasteiger partial charge in [-0.3, -0.25) is 0 Å². The van der Waals surface area contributed by atoms with Gasteiger partial charge in [-0.2, -0.15) is 0 Å². The van der Waals surface area contributed by atoms with E-state index in [1.165, 1.54) is 0 Å². The van der Waals surface area contributed by atoms with E-state index in [1.54, 1.807) is 0 Å². The van der Waals surface area contributed by atoms with Crippen molar-refractivity contribution in [3.05, 3.63) is 146 Å². The summed E-state index contributed by atoms with van der Waals surface area (Å²) >= 11 is 0. The van der Waals surface area contributed by atoms with E-state index < -0.39 is 0 Å². The highest BCUT2D eigenvalue weighted by Crippen LogP contribution is 2.43. The van der Waals surface area contributed by atoms with Gasteiger partial charge < -0.3 is 8.83 Å². The zero-order valence-corrected chi connectivity index (χ0v) is 24.5. The van der Waals surface area contributed by atoms with Gasteiger partial charge in [0.25, 0.3) is 0 Å². The Kier molecular flexibility index (Phi) is 6.03. The van der Waals surface area contributed by atoms with Crippen LogP contribution in [0.4, 0.5) is 0 Å². The third kappa shape index (κ3) is 4.35. The van der Waals surface area contributed by atoms with Crippen LogP contribution in [0.25, 0.3) is 89.8 Å². The standard InChI is InChI=1S/C40H24N4O2/c1-4-13-25(14-5-1)37-42-38(26-15-6-2-7-16-26)44-39(43-37)30-21-12-23-32-35(30)34-28(19-10-22-31(34)45-32)29-20-11-24-33-36(29)41-40(46-33)27-17-8-3-9-18-27/h1-24H. The number of nitrogens with zero attached hydrogens (tertiary/aromatic N) is 4. The van der Waals surface area contributed by atoms with E-state index in [-0.39, 0.29) is 0 Å². The second-order valence-electron chi connectivity index (χ2n) is 11.0. The Labute approximate surface area is 263 Å². The molecule has 46 heavy (non-hydrogen) atoms. The van der Waals surface area contributed by atoms with Gasteiger partial charge >= 0.3 is 0 Å². The van der Waals surface area contributed by atoms with Crippen LogP contribution >= 0.6 is 0 Å². The maximum Gasteiger partial charge on any atom is 0.227 e. The van der Waals surface area contributed by atoms with E-state index in [2.05, 4.69) is 18.2 Å². The lowest BCUT2D eigenvalue weighted by atomic mass is 9.96. The van der Waals surface area contributed by atoms with Crippen LogP contribution in [0, 0.1) is 0 Å². The number of oxazole rings is 1. The molecule has 0 amide bonds. The molecule has 0 saturated carbocycles. The fourth-order valence-electron chi connectivity index (χ4n) is 6.08. The van der Waals surface area contributed by atoms with Gasteiger partial charge in [0.05, 0.1) is 0 Å². The molecule has 0 aliphatic heterocycles. The molecule has 0 saturated heterocycles. The van der Waals surface area contributed by atoms with Crippen molar-refractivity contribution in [1.29, 1.82) is 0 Å². The highest BCUT2D eigenvalue weighted by atomic mass is 16.3. The van der Waals surface area contributed by atoms with Crippen molar-refractivity contribution in [3.8, 4) is 56.7 Å². The minimum atomic E-state index is 0.571. The van der Waals surface area contributed by atoms with Crippen molar-refractivity contribution in [3.63, 3.8) is 0 Å². The van der Waals surface area contributed by atoms with Crippen molar-refractivity contribution >= 4 is 33.0 Å². The van der Waals surface area contributed by atoms with E-state index in [9.17, 15) is 0 Å². The third-order valence-corrected chi connectivity index (χ3v) is 8.19. The van der Waals surface area contributed by atoms with Crippen LogP contribution in [0.2, 0.25) is 0 Å². The summed E-state index contributed by atoms with van der Waals surface area (Å²) in [7, 11) is 0. The summed E-state index contributed by atoms with van der Waals surface area (Å²) in [6.45, 7) is 0. The molecule has 0 aliphatic rings. The Bertz CT molecular complexity index is 2460. The third-order valence-electron chi connectivity index (χ3n) is 8.19. The molecule has 3 aromatic heterocycles. The molecule has 6 nitrogen and oxygen atoms in total. The van der Waals surface area contributed by atoms with Crippen LogP contribution in [0.15, 0.2) is 154 Å². The number of aromatic nitrogens is 4. The van der Waals surface area contributed by atoms with Crippen LogP contribution in [-0.2, 0) is 0 Å². The lowest BCUT2D eigenvalue weighted by Crippen LogP contribution is -2.00. The topological polar surface area (TPSA) is 77.8 Å². The minimum absolute atomic E-state index is 0.571. The Morgan fingerprint density at radius 2 is 0.804 bits per heavy atom. The number of furan rings is 1. The first-order valence-electron chi connectivity index (χ1n) is 15.1. The smallest absolute Gasteiger partial charge is 0.227 e. The van der Waals surface area contributed by atoms with Gasteiger partial charge in [-0.1, -0.05) is 115 Å². The largest absolute Gasteiger partial charge is 0.456 e. The number of hydrogen-bond donors (Lipinski definition) is 0. The first-order valence-corrected chi connectivity index (χ1v) is 15.1. The van der Waals surface area contributed by atoms with Gasteiger partial charge in [0, 0.05) is 38.6 Å².